The molecular weight excluding hydrogens is 276 g/mol. The van der Waals surface area contributed by atoms with Gasteiger partial charge in [-0.15, -0.1) is 0 Å². The maximum Gasteiger partial charge on any atom is 0.185 e. The quantitative estimate of drug-likeness (QED) is 0.754. The van der Waals surface area contributed by atoms with Crippen LogP contribution in [-0.4, -0.2) is 29.3 Å². The molecule has 1 aromatic heterocycles. The van der Waals surface area contributed by atoms with Gasteiger partial charge in [0.25, 0.3) is 0 Å². The highest BCUT2D eigenvalue weighted by Crippen LogP contribution is 2.34. The second kappa shape index (κ2) is 7.23. The van der Waals surface area contributed by atoms with E-state index in [1.165, 1.54) is 6.42 Å². The molecule has 0 aromatic carbocycles. The van der Waals surface area contributed by atoms with Gasteiger partial charge in [-0.25, -0.2) is 0 Å². The Morgan fingerprint density at radius 2 is 2.35 bits per heavy atom. The molecule has 1 aliphatic carbocycles. The first-order valence-electron chi connectivity index (χ1n) is 7.41. The second-order valence-corrected chi connectivity index (χ2v) is 5.97. The number of rotatable bonds is 6. The molecule has 0 spiro atoms. The van der Waals surface area contributed by atoms with E-state index in [9.17, 15) is 4.79 Å². The van der Waals surface area contributed by atoms with Crippen molar-refractivity contribution in [2.75, 3.05) is 13.7 Å². The van der Waals surface area contributed by atoms with Gasteiger partial charge in [0.05, 0.1) is 24.4 Å². The largest absolute Gasteiger partial charge is 0.383 e. The number of carbonyl (C=O) groups is 1. The van der Waals surface area contributed by atoms with Crippen LogP contribution >= 0.6 is 11.6 Å². The maximum absolute atomic E-state index is 12.7. The van der Waals surface area contributed by atoms with Crippen LogP contribution in [0.1, 0.15) is 49.5 Å². The summed E-state index contributed by atoms with van der Waals surface area (Å²) in [6.45, 7) is 3.29. The van der Waals surface area contributed by atoms with Gasteiger partial charge in [0, 0.05) is 13.0 Å². The molecule has 1 heterocycles. The van der Waals surface area contributed by atoms with Crippen molar-refractivity contribution in [1.29, 1.82) is 0 Å². The first-order chi connectivity index (χ1) is 9.67. The van der Waals surface area contributed by atoms with Gasteiger partial charge in [-0.2, -0.15) is 5.10 Å². The highest BCUT2D eigenvalue weighted by atomic mass is 35.5. The summed E-state index contributed by atoms with van der Waals surface area (Å²) in [7, 11) is 1.64. The Hall–Kier alpha value is -0.870. The molecule has 20 heavy (non-hydrogen) atoms. The van der Waals surface area contributed by atoms with Gasteiger partial charge in [-0.05, 0) is 18.8 Å². The molecule has 0 N–H and O–H groups in total. The highest BCUT2D eigenvalue weighted by Gasteiger charge is 2.30. The fourth-order valence-corrected chi connectivity index (χ4v) is 3.28. The Labute approximate surface area is 125 Å². The van der Waals surface area contributed by atoms with E-state index in [1.54, 1.807) is 18.0 Å². The number of ether oxygens (including phenoxy) is 1. The number of halogens is 1. The molecule has 0 saturated heterocycles. The van der Waals surface area contributed by atoms with Gasteiger partial charge in [0.15, 0.2) is 5.78 Å². The monoisotopic (exact) mass is 298 g/mol. The van der Waals surface area contributed by atoms with Crippen LogP contribution in [0.3, 0.4) is 0 Å². The summed E-state index contributed by atoms with van der Waals surface area (Å²) in [4.78, 5) is 12.7. The lowest BCUT2D eigenvalue weighted by atomic mass is 9.77. The first kappa shape index (κ1) is 15.5. The molecule has 1 aromatic rings. The molecular formula is C15H23ClN2O2. The molecule has 0 amide bonds. The molecule has 2 atom stereocenters. The zero-order chi connectivity index (χ0) is 14.5. The van der Waals surface area contributed by atoms with Crippen LogP contribution in [0.2, 0.25) is 5.02 Å². The normalized spacial score (nSPS) is 22.9. The van der Waals surface area contributed by atoms with Crippen molar-refractivity contribution in [2.24, 2.45) is 11.8 Å². The predicted molar refractivity (Wildman–Crippen MR) is 79.2 cm³/mol. The average molecular weight is 299 g/mol. The topological polar surface area (TPSA) is 44.1 Å². The summed E-state index contributed by atoms with van der Waals surface area (Å²) >= 11 is 6.16. The van der Waals surface area contributed by atoms with E-state index in [4.69, 9.17) is 16.3 Å². The molecule has 2 unspecified atom stereocenters. The van der Waals surface area contributed by atoms with Crippen LogP contribution in [0.5, 0.6) is 0 Å². The fourth-order valence-electron chi connectivity index (χ4n) is 3.05. The molecule has 4 nitrogen and oxygen atoms in total. The van der Waals surface area contributed by atoms with Gasteiger partial charge < -0.3 is 4.74 Å². The highest BCUT2D eigenvalue weighted by molar-refractivity contribution is 6.33. The summed E-state index contributed by atoms with van der Waals surface area (Å²) in [6.07, 6.45) is 7.06. The Morgan fingerprint density at radius 1 is 1.55 bits per heavy atom. The number of nitrogens with zero attached hydrogens (tertiary/aromatic N) is 2. The Balaban J connectivity index is 2.13. The third kappa shape index (κ3) is 3.41. The molecule has 0 bridgehead atoms. The van der Waals surface area contributed by atoms with E-state index in [-0.39, 0.29) is 11.7 Å². The Kier molecular flexibility index (Phi) is 5.61. The molecule has 112 valence electrons. The van der Waals surface area contributed by atoms with Gasteiger partial charge >= 0.3 is 0 Å². The van der Waals surface area contributed by atoms with Crippen molar-refractivity contribution in [1.82, 2.24) is 9.78 Å². The van der Waals surface area contributed by atoms with E-state index < -0.39 is 0 Å². The molecule has 1 fully saturated rings. The minimum absolute atomic E-state index is 0.101. The number of methoxy groups -OCH3 is 1. The minimum Gasteiger partial charge on any atom is -0.383 e. The summed E-state index contributed by atoms with van der Waals surface area (Å²) in [5.41, 5.74) is 0.561. The number of hydrogen-bond donors (Lipinski definition) is 0. The molecule has 1 aliphatic rings. The maximum atomic E-state index is 12.7. The van der Waals surface area contributed by atoms with Crippen molar-refractivity contribution in [3.63, 3.8) is 0 Å². The van der Waals surface area contributed by atoms with Crippen molar-refractivity contribution in [2.45, 2.75) is 45.6 Å². The lowest BCUT2D eigenvalue weighted by Gasteiger charge is -2.27. The van der Waals surface area contributed by atoms with Crippen LogP contribution < -0.4 is 0 Å². The minimum atomic E-state index is 0.101. The van der Waals surface area contributed by atoms with Crippen LogP contribution in [0.25, 0.3) is 0 Å². The molecule has 0 radical (unpaired) electrons. The Bertz CT molecular complexity index is 459. The standard InChI is InChI=1S/C15H23ClN2O2/c1-3-11-5-4-6-12(9-11)15(19)14-13(16)10-17-18(14)7-8-20-2/h10-12H,3-9H2,1-2H3. The van der Waals surface area contributed by atoms with E-state index in [1.807, 2.05) is 0 Å². The first-order valence-corrected chi connectivity index (χ1v) is 7.79. The molecule has 5 heteroatoms. The van der Waals surface area contributed by atoms with Gasteiger partial charge in [-0.3, -0.25) is 9.48 Å². The number of ketones is 1. The van der Waals surface area contributed by atoms with Gasteiger partial charge in [0.1, 0.15) is 5.69 Å². The summed E-state index contributed by atoms with van der Waals surface area (Å²) < 4.78 is 6.74. The van der Waals surface area contributed by atoms with Crippen molar-refractivity contribution in [3.05, 3.63) is 16.9 Å². The van der Waals surface area contributed by atoms with Crippen molar-refractivity contribution in [3.8, 4) is 0 Å². The van der Waals surface area contributed by atoms with Crippen LogP contribution in [0, 0.1) is 11.8 Å². The van der Waals surface area contributed by atoms with Crippen LogP contribution in [-0.2, 0) is 11.3 Å². The summed E-state index contributed by atoms with van der Waals surface area (Å²) in [5, 5.41) is 4.65. The lowest BCUT2D eigenvalue weighted by Crippen LogP contribution is -2.25. The third-order valence-corrected chi connectivity index (χ3v) is 4.54. The fraction of sp³-hybridized carbons (Fsp3) is 0.733. The smallest absolute Gasteiger partial charge is 0.185 e. The number of aromatic nitrogens is 2. The average Bonchev–Trinajstić information content (AvgIpc) is 2.85. The van der Waals surface area contributed by atoms with E-state index in [2.05, 4.69) is 12.0 Å². The van der Waals surface area contributed by atoms with E-state index in [0.717, 1.165) is 25.7 Å². The van der Waals surface area contributed by atoms with Crippen LogP contribution in [0.4, 0.5) is 0 Å². The molecule has 1 saturated carbocycles. The molecule has 2 rings (SSSR count). The van der Waals surface area contributed by atoms with E-state index in [0.29, 0.717) is 29.8 Å². The van der Waals surface area contributed by atoms with Gasteiger partial charge in [0.2, 0.25) is 0 Å². The number of Topliss-reactive ketones (excluding diaryl/α,β-unsaturated/α-hetero) is 1. The lowest BCUT2D eigenvalue weighted by molar-refractivity contribution is 0.0847. The zero-order valence-corrected chi connectivity index (χ0v) is 13.0. The number of carbonyl (C=O) groups excluding carboxylic acids is 1. The predicted octanol–water partition coefficient (Wildman–Crippen LogP) is 3.58. The van der Waals surface area contributed by atoms with Crippen molar-refractivity contribution >= 4 is 17.4 Å². The van der Waals surface area contributed by atoms with Crippen LogP contribution in [0.15, 0.2) is 6.20 Å². The molecule has 0 aliphatic heterocycles. The SMILES string of the molecule is CCC1CCCC(C(=O)c2c(Cl)cnn2CCOC)C1. The third-order valence-electron chi connectivity index (χ3n) is 4.27. The van der Waals surface area contributed by atoms with Gasteiger partial charge in [-0.1, -0.05) is 37.8 Å². The summed E-state index contributed by atoms with van der Waals surface area (Å²) in [6, 6.07) is 0. The summed E-state index contributed by atoms with van der Waals surface area (Å²) in [5.74, 6) is 0.928. The zero-order valence-electron chi connectivity index (χ0n) is 12.3. The van der Waals surface area contributed by atoms with E-state index >= 15 is 0 Å². The Morgan fingerprint density at radius 3 is 3.05 bits per heavy atom. The van der Waals surface area contributed by atoms with Crippen molar-refractivity contribution < 1.29 is 9.53 Å². The second-order valence-electron chi connectivity index (χ2n) is 5.56. The number of hydrogen-bond acceptors (Lipinski definition) is 3.